The van der Waals surface area contributed by atoms with Gasteiger partial charge in [0.1, 0.15) is 6.17 Å². The molecular weight excluding hydrogens is 383 g/mol. The highest BCUT2D eigenvalue weighted by molar-refractivity contribution is 5.78. The molecule has 0 fully saturated rings. The fourth-order valence-corrected chi connectivity index (χ4v) is 2.06. The van der Waals surface area contributed by atoms with Gasteiger partial charge in [-0.15, -0.1) is 0 Å². The third kappa shape index (κ3) is 17.7. The molecule has 174 valence electrons. The maximum atomic E-state index is 14.0. The second kappa shape index (κ2) is 20.4. The quantitative estimate of drug-likeness (QED) is 0.268. The highest BCUT2D eigenvalue weighted by atomic mass is 19.1. The van der Waals surface area contributed by atoms with Crippen molar-refractivity contribution in [2.75, 3.05) is 79.6 Å². The van der Waals surface area contributed by atoms with Gasteiger partial charge in [0, 0.05) is 12.5 Å². The Morgan fingerprint density at radius 2 is 1.34 bits per heavy atom. The lowest BCUT2D eigenvalue weighted by Crippen LogP contribution is -2.38. The summed E-state index contributed by atoms with van der Waals surface area (Å²) in [6.45, 7) is 10.6. The molecule has 8 nitrogen and oxygen atoms in total. The zero-order chi connectivity index (χ0) is 21.7. The van der Waals surface area contributed by atoms with Crippen molar-refractivity contribution in [2.24, 2.45) is 5.92 Å². The number of hydrogen-bond acceptors (Lipinski definition) is 7. The number of carbonyl (C=O) groups excluding carboxylic acids is 1. The zero-order valence-corrected chi connectivity index (χ0v) is 18.5. The van der Waals surface area contributed by atoms with Gasteiger partial charge in [-0.3, -0.25) is 4.79 Å². The summed E-state index contributed by atoms with van der Waals surface area (Å²) in [6, 6.07) is 0. The first-order chi connectivity index (χ1) is 14.0. The van der Waals surface area contributed by atoms with Crippen LogP contribution in [0.4, 0.5) is 4.39 Å². The van der Waals surface area contributed by atoms with Crippen LogP contribution in [0.2, 0.25) is 0 Å². The predicted molar refractivity (Wildman–Crippen MR) is 110 cm³/mol. The standard InChI is InChI=1S/C20H41FN2O6/c1-5-17(2)20(24)23-16-19(21)18(3)29-15-14-28-13-12-27-11-10-26-9-8-25-7-6-22-4/h17-19,22H,5-16H2,1-4H3,(H,23,24). The van der Waals surface area contributed by atoms with Gasteiger partial charge in [0.15, 0.2) is 0 Å². The molecular formula is C20H41FN2O6. The Morgan fingerprint density at radius 3 is 1.83 bits per heavy atom. The molecule has 0 aromatic carbocycles. The predicted octanol–water partition coefficient (Wildman–Crippen LogP) is 1.18. The minimum atomic E-state index is -1.25. The van der Waals surface area contributed by atoms with Gasteiger partial charge in [-0.25, -0.2) is 4.39 Å². The van der Waals surface area contributed by atoms with E-state index in [2.05, 4.69) is 10.6 Å². The monoisotopic (exact) mass is 424 g/mol. The third-order valence-corrected chi connectivity index (χ3v) is 4.26. The van der Waals surface area contributed by atoms with Crippen molar-refractivity contribution in [3.8, 4) is 0 Å². The fraction of sp³-hybridized carbons (Fsp3) is 0.950. The minimum Gasteiger partial charge on any atom is -0.378 e. The van der Waals surface area contributed by atoms with Gasteiger partial charge < -0.3 is 34.3 Å². The van der Waals surface area contributed by atoms with Crippen molar-refractivity contribution in [3.63, 3.8) is 0 Å². The van der Waals surface area contributed by atoms with Crippen molar-refractivity contribution in [3.05, 3.63) is 0 Å². The first kappa shape index (κ1) is 28.2. The van der Waals surface area contributed by atoms with Crippen molar-refractivity contribution < 1.29 is 32.9 Å². The Balaban J connectivity index is 3.37. The second-order valence-corrected chi connectivity index (χ2v) is 6.70. The van der Waals surface area contributed by atoms with Gasteiger partial charge in [0.2, 0.25) is 5.91 Å². The van der Waals surface area contributed by atoms with Gasteiger partial charge in [0.25, 0.3) is 0 Å². The summed E-state index contributed by atoms with van der Waals surface area (Å²) in [4.78, 5) is 11.6. The van der Waals surface area contributed by atoms with E-state index in [-0.39, 0.29) is 25.0 Å². The van der Waals surface area contributed by atoms with Crippen molar-refractivity contribution in [1.82, 2.24) is 10.6 Å². The van der Waals surface area contributed by atoms with Crippen LogP contribution in [0, 0.1) is 5.92 Å². The zero-order valence-electron chi connectivity index (χ0n) is 18.5. The molecule has 0 bridgehead atoms. The highest BCUT2D eigenvalue weighted by Gasteiger charge is 2.19. The largest absolute Gasteiger partial charge is 0.378 e. The second-order valence-electron chi connectivity index (χ2n) is 6.70. The van der Waals surface area contributed by atoms with E-state index >= 15 is 0 Å². The molecule has 1 amide bonds. The lowest BCUT2D eigenvalue weighted by molar-refractivity contribution is -0.125. The van der Waals surface area contributed by atoms with Crippen LogP contribution in [-0.4, -0.2) is 97.8 Å². The Kier molecular flexibility index (Phi) is 19.8. The van der Waals surface area contributed by atoms with Crippen LogP contribution < -0.4 is 10.6 Å². The summed E-state index contributed by atoms with van der Waals surface area (Å²) in [5.74, 6) is -0.239. The van der Waals surface area contributed by atoms with E-state index in [0.717, 1.165) is 13.0 Å². The van der Waals surface area contributed by atoms with Gasteiger partial charge >= 0.3 is 0 Å². The lowest BCUT2D eigenvalue weighted by atomic mass is 10.1. The molecule has 0 aliphatic carbocycles. The Hall–Kier alpha value is -0.840. The van der Waals surface area contributed by atoms with E-state index in [1.807, 2.05) is 20.9 Å². The number of ether oxygens (including phenoxy) is 5. The first-order valence-electron chi connectivity index (χ1n) is 10.5. The van der Waals surface area contributed by atoms with Crippen LogP contribution in [0.1, 0.15) is 27.2 Å². The summed E-state index contributed by atoms with van der Waals surface area (Å²) in [5.41, 5.74) is 0. The SMILES string of the molecule is CCC(C)C(=O)NCC(F)C(C)OCCOCCOCCOCCOCCNC. The summed E-state index contributed by atoms with van der Waals surface area (Å²) in [7, 11) is 1.88. The van der Waals surface area contributed by atoms with E-state index in [4.69, 9.17) is 23.7 Å². The van der Waals surface area contributed by atoms with Crippen LogP contribution in [0.3, 0.4) is 0 Å². The van der Waals surface area contributed by atoms with Gasteiger partial charge in [0.05, 0.1) is 72.1 Å². The van der Waals surface area contributed by atoms with Crippen LogP contribution in [0.25, 0.3) is 0 Å². The van der Waals surface area contributed by atoms with Crippen molar-refractivity contribution >= 4 is 5.91 Å². The number of likely N-dealkylation sites (N-methyl/N-ethyl adjacent to an activating group) is 1. The number of nitrogens with one attached hydrogen (secondary N) is 2. The van der Waals surface area contributed by atoms with E-state index in [0.29, 0.717) is 52.9 Å². The summed E-state index contributed by atoms with van der Waals surface area (Å²) < 4.78 is 40.8. The Labute approximate surface area is 175 Å². The van der Waals surface area contributed by atoms with E-state index in [1.165, 1.54) is 0 Å². The number of carbonyl (C=O) groups is 1. The van der Waals surface area contributed by atoms with Crippen molar-refractivity contribution in [1.29, 1.82) is 0 Å². The number of alkyl halides is 1. The topological polar surface area (TPSA) is 87.3 Å². The molecule has 9 heteroatoms. The van der Waals surface area contributed by atoms with Crippen LogP contribution in [0.5, 0.6) is 0 Å². The molecule has 29 heavy (non-hydrogen) atoms. The summed E-state index contributed by atoms with van der Waals surface area (Å²) in [6.07, 6.45) is -1.12. The normalized spacial score (nSPS) is 14.5. The fourth-order valence-electron chi connectivity index (χ4n) is 2.06. The highest BCUT2D eigenvalue weighted by Crippen LogP contribution is 2.04. The van der Waals surface area contributed by atoms with E-state index in [9.17, 15) is 9.18 Å². The third-order valence-electron chi connectivity index (χ3n) is 4.26. The number of rotatable bonds is 21. The molecule has 0 radical (unpaired) electrons. The molecule has 3 atom stereocenters. The summed E-state index contributed by atoms with van der Waals surface area (Å²) >= 11 is 0. The smallest absolute Gasteiger partial charge is 0.222 e. The minimum absolute atomic E-state index is 0.0385. The van der Waals surface area contributed by atoms with Crippen LogP contribution in [0.15, 0.2) is 0 Å². The maximum Gasteiger partial charge on any atom is 0.222 e. The maximum absolute atomic E-state index is 14.0. The average Bonchev–Trinajstić information content (AvgIpc) is 2.73. The lowest BCUT2D eigenvalue weighted by Gasteiger charge is -2.19. The van der Waals surface area contributed by atoms with Gasteiger partial charge in [-0.05, 0) is 20.4 Å². The first-order valence-corrected chi connectivity index (χ1v) is 10.5. The van der Waals surface area contributed by atoms with Crippen LogP contribution in [-0.2, 0) is 28.5 Å². The molecule has 0 saturated carbocycles. The van der Waals surface area contributed by atoms with Gasteiger partial charge in [-0.2, -0.15) is 0 Å². The van der Waals surface area contributed by atoms with Crippen LogP contribution >= 0.6 is 0 Å². The molecule has 0 heterocycles. The molecule has 0 aromatic rings. The number of hydrogen-bond donors (Lipinski definition) is 2. The molecule has 0 aromatic heterocycles. The Morgan fingerprint density at radius 1 is 0.862 bits per heavy atom. The van der Waals surface area contributed by atoms with E-state index < -0.39 is 12.3 Å². The molecule has 0 aliphatic rings. The van der Waals surface area contributed by atoms with E-state index in [1.54, 1.807) is 6.92 Å². The molecule has 0 aliphatic heterocycles. The summed E-state index contributed by atoms with van der Waals surface area (Å²) in [5, 5.41) is 5.61. The average molecular weight is 425 g/mol. The molecule has 0 spiro atoms. The molecule has 2 N–H and O–H groups in total. The van der Waals surface area contributed by atoms with Crippen molar-refractivity contribution in [2.45, 2.75) is 39.5 Å². The molecule has 0 saturated heterocycles. The number of halogens is 1. The molecule has 3 unspecified atom stereocenters. The van der Waals surface area contributed by atoms with Gasteiger partial charge in [-0.1, -0.05) is 13.8 Å². The molecule has 0 rings (SSSR count). The Bertz CT molecular complexity index is 379. The number of amides is 1.